The molecule has 0 aliphatic carbocycles. The molecule has 2 heterocycles. The van der Waals surface area contributed by atoms with Crippen LogP contribution >= 0.6 is 11.6 Å². The zero-order chi connectivity index (χ0) is 21.1. The maximum Gasteiger partial charge on any atom is 0.419 e. The van der Waals surface area contributed by atoms with Gasteiger partial charge < -0.3 is 9.47 Å². The Balaban J connectivity index is 2.33. The quantitative estimate of drug-likeness (QED) is 0.464. The van der Waals surface area contributed by atoms with Crippen molar-refractivity contribution in [2.45, 2.75) is 20.3 Å². The summed E-state index contributed by atoms with van der Waals surface area (Å²) in [5, 5.41) is 0.904. The van der Waals surface area contributed by atoms with Gasteiger partial charge in [0.25, 0.3) is 0 Å². The van der Waals surface area contributed by atoms with Gasteiger partial charge in [0.2, 0.25) is 5.78 Å². The third-order valence-electron chi connectivity index (χ3n) is 4.39. The largest absolute Gasteiger partial charge is 0.469 e. The van der Waals surface area contributed by atoms with Crippen molar-refractivity contribution in [3.05, 3.63) is 64.1 Å². The molecule has 0 fully saturated rings. The van der Waals surface area contributed by atoms with Crippen LogP contribution < -0.4 is 0 Å². The minimum atomic E-state index is -0.744. The fourth-order valence-corrected chi connectivity index (χ4v) is 3.23. The maximum absolute atomic E-state index is 13.4. The average Bonchev–Trinajstić information content (AvgIpc) is 3.01. The van der Waals surface area contributed by atoms with Crippen LogP contribution in [0.3, 0.4) is 0 Å². The molecule has 0 spiro atoms. The van der Waals surface area contributed by atoms with Crippen molar-refractivity contribution in [1.82, 2.24) is 9.55 Å². The molecule has 0 bridgehead atoms. The van der Waals surface area contributed by atoms with Crippen LogP contribution in [0.25, 0.3) is 10.9 Å². The third kappa shape index (κ3) is 4.00. The molecule has 7 nitrogen and oxygen atoms in total. The summed E-state index contributed by atoms with van der Waals surface area (Å²) in [6, 6.07) is 8.14. The first kappa shape index (κ1) is 20.5. The molecular weight excluding hydrogens is 396 g/mol. The van der Waals surface area contributed by atoms with E-state index in [1.165, 1.54) is 7.11 Å². The normalized spacial score (nSPS) is 10.8. The van der Waals surface area contributed by atoms with Crippen LogP contribution in [-0.2, 0) is 20.7 Å². The lowest BCUT2D eigenvalue weighted by Crippen LogP contribution is -2.21. The molecule has 3 aromatic rings. The Morgan fingerprint density at radius 2 is 1.93 bits per heavy atom. The molecule has 0 radical (unpaired) electrons. The zero-order valence-electron chi connectivity index (χ0n) is 16.2. The van der Waals surface area contributed by atoms with Gasteiger partial charge in [-0.2, -0.15) is 0 Å². The van der Waals surface area contributed by atoms with E-state index in [0.29, 0.717) is 21.5 Å². The van der Waals surface area contributed by atoms with Gasteiger partial charge in [0, 0.05) is 22.2 Å². The molecule has 0 aliphatic heterocycles. The summed E-state index contributed by atoms with van der Waals surface area (Å²) in [7, 11) is 1.26. The molecule has 0 unspecified atom stereocenters. The molecule has 0 atom stereocenters. The van der Waals surface area contributed by atoms with E-state index in [4.69, 9.17) is 21.1 Å². The first-order chi connectivity index (χ1) is 13.9. The van der Waals surface area contributed by atoms with E-state index >= 15 is 0 Å². The first-order valence-electron chi connectivity index (χ1n) is 8.91. The molecular formula is C21H19ClN2O5. The fourth-order valence-electron chi connectivity index (χ4n) is 3.06. The van der Waals surface area contributed by atoms with E-state index in [2.05, 4.69) is 4.98 Å². The van der Waals surface area contributed by atoms with Gasteiger partial charge >= 0.3 is 12.1 Å². The van der Waals surface area contributed by atoms with E-state index in [1.54, 1.807) is 43.5 Å². The number of carbonyl (C=O) groups is 3. The predicted molar refractivity (Wildman–Crippen MR) is 107 cm³/mol. The molecule has 0 N–H and O–H groups in total. The number of hydrogen-bond donors (Lipinski definition) is 0. The van der Waals surface area contributed by atoms with Gasteiger partial charge in [0.05, 0.1) is 25.7 Å². The monoisotopic (exact) mass is 414 g/mol. The number of carbonyl (C=O) groups excluding carboxylic acids is 3. The summed E-state index contributed by atoms with van der Waals surface area (Å²) in [6.07, 6.45) is 0.612. The van der Waals surface area contributed by atoms with Gasteiger partial charge in [-0.05, 0) is 37.6 Å². The van der Waals surface area contributed by atoms with Crippen molar-refractivity contribution >= 4 is 40.3 Å². The highest BCUT2D eigenvalue weighted by Gasteiger charge is 2.29. The van der Waals surface area contributed by atoms with Crippen LogP contribution in [0.5, 0.6) is 0 Å². The van der Waals surface area contributed by atoms with Crippen LogP contribution in [-0.4, -0.2) is 41.1 Å². The smallest absolute Gasteiger partial charge is 0.419 e. The molecule has 3 rings (SSSR count). The fraction of sp³-hybridized carbons (Fsp3) is 0.238. The lowest BCUT2D eigenvalue weighted by atomic mass is 10.0. The van der Waals surface area contributed by atoms with E-state index < -0.39 is 17.8 Å². The molecule has 2 aromatic heterocycles. The number of pyridine rings is 1. The minimum absolute atomic E-state index is 0.00229. The Kier molecular flexibility index (Phi) is 5.98. The van der Waals surface area contributed by atoms with Crippen molar-refractivity contribution in [3.63, 3.8) is 0 Å². The number of rotatable bonds is 5. The van der Waals surface area contributed by atoms with E-state index in [9.17, 15) is 14.4 Å². The van der Waals surface area contributed by atoms with Gasteiger partial charge in [0.1, 0.15) is 11.4 Å². The summed E-state index contributed by atoms with van der Waals surface area (Å²) in [6.45, 7) is 3.62. The maximum atomic E-state index is 13.4. The number of aromatic nitrogens is 2. The number of fused-ring (bicyclic) bond motifs is 1. The van der Waals surface area contributed by atoms with Gasteiger partial charge in [0.15, 0.2) is 0 Å². The van der Waals surface area contributed by atoms with Crippen molar-refractivity contribution in [3.8, 4) is 0 Å². The molecule has 0 saturated heterocycles. The second-order valence-corrected chi connectivity index (χ2v) is 6.76. The van der Waals surface area contributed by atoms with Crippen LogP contribution in [0.1, 0.15) is 34.2 Å². The molecule has 0 saturated carbocycles. The number of aryl methyl sites for hydroxylation is 1. The molecule has 8 heteroatoms. The van der Waals surface area contributed by atoms with E-state index in [-0.39, 0.29) is 24.4 Å². The number of ketones is 1. The Hall–Kier alpha value is -3.19. The van der Waals surface area contributed by atoms with E-state index in [0.717, 1.165) is 10.1 Å². The van der Waals surface area contributed by atoms with Gasteiger partial charge in [-0.25, -0.2) is 9.36 Å². The average molecular weight is 415 g/mol. The third-order valence-corrected chi connectivity index (χ3v) is 4.63. The standard InChI is InChI=1S/C21H19ClN2O5/c1-4-29-21(27)24-17-9-13(22)6-7-14(17)15(10-18(25)28-3)19(24)20(26)16-8-5-12(2)11-23-16/h5-9,11H,4,10H2,1-3H3. The zero-order valence-corrected chi connectivity index (χ0v) is 16.9. The van der Waals surface area contributed by atoms with Crippen molar-refractivity contribution < 1.29 is 23.9 Å². The summed E-state index contributed by atoms with van der Waals surface area (Å²) in [5.41, 5.74) is 1.74. The van der Waals surface area contributed by atoms with Gasteiger partial charge in [-0.3, -0.25) is 14.6 Å². The number of halogens is 1. The Morgan fingerprint density at radius 3 is 2.55 bits per heavy atom. The number of esters is 1. The number of methoxy groups -OCH3 is 1. The SMILES string of the molecule is CCOC(=O)n1c(C(=O)c2ccc(C)cn2)c(CC(=O)OC)c2ccc(Cl)cc21. The summed E-state index contributed by atoms with van der Waals surface area (Å²) >= 11 is 6.13. The first-order valence-corrected chi connectivity index (χ1v) is 9.29. The van der Waals surface area contributed by atoms with E-state index in [1.807, 2.05) is 6.92 Å². The second kappa shape index (κ2) is 8.45. The Labute approximate surface area is 172 Å². The molecule has 0 amide bonds. The van der Waals surface area contributed by atoms with Crippen molar-refractivity contribution in [2.24, 2.45) is 0 Å². The van der Waals surface area contributed by atoms with Crippen LogP contribution in [0.4, 0.5) is 4.79 Å². The molecule has 0 aliphatic rings. The summed E-state index contributed by atoms with van der Waals surface area (Å²) < 4.78 is 11.1. The highest BCUT2D eigenvalue weighted by Crippen LogP contribution is 2.31. The van der Waals surface area contributed by atoms with Crippen molar-refractivity contribution in [1.29, 1.82) is 0 Å². The van der Waals surface area contributed by atoms with Gasteiger partial charge in [-0.15, -0.1) is 0 Å². The number of ether oxygens (including phenoxy) is 2. The molecule has 150 valence electrons. The second-order valence-electron chi connectivity index (χ2n) is 6.33. The topological polar surface area (TPSA) is 87.5 Å². The van der Waals surface area contributed by atoms with Crippen LogP contribution in [0.15, 0.2) is 36.5 Å². The van der Waals surface area contributed by atoms with Crippen molar-refractivity contribution in [2.75, 3.05) is 13.7 Å². The van der Waals surface area contributed by atoms with Crippen LogP contribution in [0, 0.1) is 6.92 Å². The highest BCUT2D eigenvalue weighted by atomic mass is 35.5. The number of nitrogens with zero attached hydrogens (tertiary/aromatic N) is 2. The summed E-state index contributed by atoms with van der Waals surface area (Å²) in [5.74, 6) is -1.06. The predicted octanol–water partition coefficient (Wildman–Crippen LogP) is 3.95. The Morgan fingerprint density at radius 1 is 1.17 bits per heavy atom. The minimum Gasteiger partial charge on any atom is -0.469 e. The molecule has 1 aromatic carbocycles. The lowest BCUT2D eigenvalue weighted by Gasteiger charge is -2.10. The molecule has 29 heavy (non-hydrogen) atoms. The number of hydrogen-bond acceptors (Lipinski definition) is 6. The summed E-state index contributed by atoms with van der Waals surface area (Å²) in [4.78, 5) is 42.3. The highest BCUT2D eigenvalue weighted by molar-refractivity contribution is 6.31. The lowest BCUT2D eigenvalue weighted by molar-refractivity contribution is -0.139. The van der Waals surface area contributed by atoms with Crippen LogP contribution in [0.2, 0.25) is 5.02 Å². The number of benzene rings is 1. The van der Waals surface area contributed by atoms with Gasteiger partial charge in [-0.1, -0.05) is 23.7 Å². The Bertz CT molecular complexity index is 1100.